The molecule has 15 nitrogen and oxygen atoms in total. The van der Waals surface area contributed by atoms with Crippen molar-refractivity contribution in [2.24, 2.45) is 5.41 Å². The highest BCUT2D eigenvalue weighted by molar-refractivity contribution is 6.05. The molecule has 350 valence electrons. The minimum absolute atomic E-state index is 0.0764. The third kappa shape index (κ3) is 11.1. The number of methoxy groups -OCH3 is 1. The van der Waals surface area contributed by atoms with Gasteiger partial charge in [-0.15, -0.1) is 0 Å². The third-order valence-electron chi connectivity index (χ3n) is 13.3. The number of rotatable bonds is 14. The topological polar surface area (TPSA) is 165 Å². The van der Waals surface area contributed by atoms with Gasteiger partial charge in [0, 0.05) is 61.1 Å². The van der Waals surface area contributed by atoms with Gasteiger partial charge in [-0.25, -0.2) is 9.78 Å². The number of ether oxygens (including phenoxy) is 1. The minimum Gasteiger partial charge on any atom is -0.495 e. The van der Waals surface area contributed by atoms with E-state index >= 15 is 0 Å². The quantitative estimate of drug-likeness (QED) is 0.112. The number of carbonyl (C=O) groups is 4. The van der Waals surface area contributed by atoms with E-state index in [-0.39, 0.29) is 28.7 Å². The molecule has 0 radical (unpaired) electrons. The number of amides is 5. The van der Waals surface area contributed by atoms with E-state index in [4.69, 9.17) is 9.84 Å². The summed E-state index contributed by atoms with van der Waals surface area (Å²) >= 11 is 0. The largest absolute Gasteiger partial charge is 0.495 e. The van der Waals surface area contributed by atoms with E-state index in [0.717, 1.165) is 102 Å². The minimum atomic E-state index is -4.69. The van der Waals surface area contributed by atoms with E-state index in [2.05, 4.69) is 25.4 Å². The highest BCUT2D eigenvalue weighted by Gasteiger charge is 2.39. The maximum Gasteiger partial charge on any atom is 0.433 e. The van der Waals surface area contributed by atoms with Crippen LogP contribution < -0.4 is 20.3 Å². The fourth-order valence-corrected chi connectivity index (χ4v) is 9.55. The Kier molecular flexibility index (Phi) is 14.5. The second-order valence-electron chi connectivity index (χ2n) is 18.2. The number of nitrogens with zero attached hydrogens (tertiary/aromatic N) is 7. The second kappa shape index (κ2) is 19.9. The van der Waals surface area contributed by atoms with Crippen LogP contribution >= 0.6 is 0 Å². The normalized spacial score (nSPS) is 17.6. The maximum atomic E-state index is 13.7. The van der Waals surface area contributed by atoms with E-state index in [0.29, 0.717) is 60.5 Å². The molecular weight excluding hydrogens is 844 g/mol. The van der Waals surface area contributed by atoms with E-state index in [1.165, 1.54) is 18.1 Å². The fraction of sp³-hybridized carbons (Fsp3) is 0.532. The number of pyridine rings is 1. The number of likely N-dealkylation sites (tertiary alicyclic amines) is 3. The summed E-state index contributed by atoms with van der Waals surface area (Å²) in [5.41, 5.74) is -0.475. The number of aliphatic hydroxyl groups is 1. The number of alkyl halides is 3. The molecule has 3 aliphatic heterocycles. The number of aromatic nitrogens is 3. The van der Waals surface area contributed by atoms with Crippen molar-refractivity contribution in [2.45, 2.75) is 90.0 Å². The van der Waals surface area contributed by atoms with Crippen LogP contribution in [0.5, 0.6) is 5.75 Å². The number of anilines is 2. The van der Waals surface area contributed by atoms with E-state index < -0.39 is 29.4 Å². The van der Waals surface area contributed by atoms with Crippen molar-refractivity contribution in [2.75, 3.05) is 76.2 Å². The Morgan fingerprint density at radius 2 is 1.63 bits per heavy atom. The molecule has 0 bridgehead atoms. The number of benzene rings is 2. The van der Waals surface area contributed by atoms with Crippen LogP contribution in [0.3, 0.4) is 0 Å². The molecule has 65 heavy (non-hydrogen) atoms. The van der Waals surface area contributed by atoms with Gasteiger partial charge in [0.2, 0.25) is 6.41 Å². The zero-order chi connectivity index (χ0) is 46.5. The van der Waals surface area contributed by atoms with Gasteiger partial charge in [-0.3, -0.25) is 29.3 Å². The van der Waals surface area contributed by atoms with E-state index in [9.17, 15) is 37.5 Å². The molecule has 2 aromatic heterocycles. The summed E-state index contributed by atoms with van der Waals surface area (Å²) in [5, 5.41) is 21.5. The lowest BCUT2D eigenvalue weighted by Gasteiger charge is -2.47. The molecule has 3 N–H and O–H groups in total. The van der Waals surface area contributed by atoms with Crippen LogP contribution in [0.4, 0.5) is 29.3 Å². The Bertz CT molecular complexity index is 2340. The molecular formula is C47H60F3N9O6. The molecule has 3 fully saturated rings. The van der Waals surface area contributed by atoms with Gasteiger partial charge in [-0.1, -0.05) is 13.0 Å². The molecule has 4 aromatic rings. The summed E-state index contributed by atoms with van der Waals surface area (Å²) < 4.78 is 47.3. The van der Waals surface area contributed by atoms with E-state index in [1.54, 1.807) is 44.2 Å². The smallest absolute Gasteiger partial charge is 0.433 e. The predicted octanol–water partition coefficient (Wildman–Crippen LogP) is 7.07. The lowest BCUT2D eigenvalue weighted by atomic mass is 9.71. The van der Waals surface area contributed by atoms with Gasteiger partial charge in [0.15, 0.2) is 0 Å². The molecule has 1 spiro atoms. The first kappa shape index (κ1) is 47.4. The van der Waals surface area contributed by atoms with Crippen LogP contribution in [0.1, 0.15) is 110 Å². The molecule has 5 heterocycles. The Labute approximate surface area is 377 Å². The number of fused-ring (bicyclic) bond motifs is 1. The SMILES string of the molecule is CCCN(C(=O)NC=O)c1cc(C(=O)N2CCC3(CCN(CCCN4CCC(n5cc6cc(NC(=O)c7cccc(C(F)(F)F)n7)c(C(C)(C)O)cc6n5)CC4)CC3)CC2)ccc1OC. The molecule has 0 aliphatic carbocycles. The Morgan fingerprint density at radius 1 is 0.954 bits per heavy atom. The predicted molar refractivity (Wildman–Crippen MR) is 240 cm³/mol. The molecule has 0 atom stereocenters. The maximum absolute atomic E-state index is 13.7. The average Bonchev–Trinajstić information content (AvgIpc) is 3.71. The van der Waals surface area contributed by atoms with Crippen LogP contribution in [-0.2, 0) is 16.6 Å². The number of halogens is 3. The Balaban J connectivity index is 0.863. The number of piperidine rings is 3. The van der Waals surface area contributed by atoms with Gasteiger partial charge in [-0.05, 0) is 139 Å². The first-order valence-corrected chi connectivity index (χ1v) is 22.6. The molecule has 3 saturated heterocycles. The van der Waals surface area contributed by atoms with Crippen molar-refractivity contribution < 1.29 is 42.2 Å². The van der Waals surface area contributed by atoms with Crippen LogP contribution in [-0.4, -0.2) is 125 Å². The molecule has 3 aliphatic rings. The van der Waals surface area contributed by atoms with Crippen LogP contribution in [0.25, 0.3) is 10.9 Å². The number of hydrogen-bond donors (Lipinski definition) is 3. The van der Waals surface area contributed by atoms with Gasteiger partial charge in [-0.2, -0.15) is 18.3 Å². The molecule has 18 heteroatoms. The number of nitrogens with one attached hydrogen (secondary N) is 2. The zero-order valence-electron chi connectivity index (χ0n) is 37.6. The van der Waals surface area contributed by atoms with Gasteiger partial charge in [0.05, 0.1) is 30.0 Å². The van der Waals surface area contributed by atoms with Crippen LogP contribution in [0, 0.1) is 5.41 Å². The average molecular weight is 904 g/mol. The molecule has 5 amide bonds. The van der Waals surface area contributed by atoms with Crippen LogP contribution in [0.2, 0.25) is 0 Å². The molecule has 0 saturated carbocycles. The summed E-state index contributed by atoms with van der Waals surface area (Å²) in [6.07, 6.45) is 5.27. The summed E-state index contributed by atoms with van der Waals surface area (Å²) in [6, 6.07) is 11.3. The first-order chi connectivity index (χ1) is 31.0. The van der Waals surface area contributed by atoms with Gasteiger partial charge >= 0.3 is 12.2 Å². The van der Waals surface area contributed by atoms with Crippen molar-refractivity contribution in [1.82, 2.24) is 34.8 Å². The third-order valence-corrected chi connectivity index (χ3v) is 13.3. The number of hydrogen-bond acceptors (Lipinski definition) is 10. The number of carbonyl (C=O) groups excluding carboxylic acids is 4. The van der Waals surface area contributed by atoms with Crippen molar-refractivity contribution in [3.8, 4) is 5.75 Å². The highest BCUT2D eigenvalue weighted by Crippen LogP contribution is 2.42. The lowest BCUT2D eigenvalue weighted by Crippen LogP contribution is -2.48. The monoisotopic (exact) mass is 903 g/mol. The van der Waals surface area contributed by atoms with E-state index in [1.807, 2.05) is 22.7 Å². The Hall–Kier alpha value is -5.59. The van der Waals surface area contributed by atoms with Gasteiger partial charge in [0.1, 0.15) is 17.1 Å². The second-order valence-corrected chi connectivity index (χ2v) is 18.2. The zero-order valence-corrected chi connectivity index (χ0v) is 37.6. The summed E-state index contributed by atoms with van der Waals surface area (Å²) in [7, 11) is 1.51. The van der Waals surface area contributed by atoms with Crippen molar-refractivity contribution in [3.63, 3.8) is 0 Å². The van der Waals surface area contributed by atoms with Crippen molar-refractivity contribution in [3.05, 3.63) is 77.2 Å². The summed E-state index contributed by atoms with van der Waals surface area (Å²) in [5.74, 6) is -0.450. The Morgan fingerprint density at radius 3 is 2.26 bits per heavy atom. The van der Waals surface area contributed by atoms with Crippen molar-refractivity contribution in [1.29, 1.82) is 0 Å². The molecule has 7 rings (SSSR count). The summed E-state index contributed by atoms with van der Waals surface area (Å²) in [4.78, 5) is 62.4. The molecule has 2 aromatic carbocycles. The number of imide groups is 1. The van der Waals surface area contributed by atoms with Crippen LogP contribution in [0.15, 0.2) is 54.7 Å². The number of urea groups is 1. The lowest BCUT2D eigenvalue weighted by molar-refractivity contribution is -0.141. The highest BCUT2D eigenvalue weighted by atomic mass is 19.4. The summed E-state index contributed by atoms with van der Waals surface area (Å²) in [6.45, 7) is 12.8. The standard InChI is InChI=1S/C47H60F3N9O6/c1-5-18-58(44(63)51-31-60)39-28-32(10-11-40(39)65-4)43(62)57-25-16-46(17-26-57)14-23-56(24-15-46)20-7-19-55-21-12-34(13-22-55)59-30-33-27-38(35(45(2,3)64)29-37(33)54-59)53-42(61)36-8-6-9-41(52-36)47(48,49)50/h6,8-11,27-31,34,64H,5,7,12-26H2,1-4H3,(H,53,61)(H,51,60,63). The van der Waals surface area contributed by atoms with Gasteiger partial charge < -0.3 is 29.9 Å². The van der Waals surface area contributed by atoms with Crippen molar-refractivity contribution >= 4 is 46.5 Å². The molecule has 0 unspecified atom stereocenters. The first-order valence-electron chi connectivity index (χ1n) is 22.6. The fourth-order valence-electron chi connectivity index (χ4n) is 9.55. The van der Waals surface area contributed by atoms with Gasteiger partial charge in [0.25, 0.3) is 11.8 Å².